The van der Waals surface area contributed by atoms with E-state index in [1.54, 1.807) is 0 Å². The predicted octanol–water partition coefficient (Wildman–Crippen LogP) is 17.9. The van der Waals surface area contributed by atoms with Crippen molar-refractivity contribution in [3.8, 4) is 33.4 Å². The van der Waals surface area contributed by atoms with Crippen LogP contribution in [0, 0.1) is 0 Å². The van der Waals surface area contributed by atoms with Gasteiger partial charge in [-0.05, 0) is 118 Å². The molecule has 3 nitrogen and oxygen atoms in total. The van der Waals surface area contributed by atoms with E-state index >= 15 is 0 Å². The second-order valence-corrected chi connectivity index (χ2v) is 17.1. The smallest absolute Gasteiger partial charge is 0.143 e. The molecule has 0 saturated carbocycles. The lowest BCUT2D eigenvalue weighted by atomic mass is 9.65. The number of fused-ring (bicyclic) bond motifs is 9. The first-order valence-electron chi connectivity index (χ1n) is 23.2. The third-order valence-electron chi connectivity index (χ3n) is 13.7. The van der Waals surface area contributed by atoms with Crippen LogP contribution in [0.25, 0.3) is 77.3 Å². The molecule has 0 aliphatic heterocycles. The van der Waals surface area contributed by atoms with Crippen LogP contribution >= 0.6 is 0 Å². The van der Waals surface area contributed by atoms with Crippen LogP contribution in [0.1, 0.15) is 43.4 Å². The highest BCUT2D eigenvalue weighted by Crippen LogP contribution is 2.58. The molecule has 1 atom stereocenters. The third kappa shape index (κ3) is 6.19. The number of anilines is 3. The maximum atomic E-state index is 6.49. The summed E-state index contributed by atoms with van der Waals surface area (Å²) in [6.45, 7) is 4.00. The summed E-state index contributed by atoms with van der Waals surface area (Å²) in [4.78, 5) is 2.41. The van der Waals surface area contributed by atoms with Crippen LogP contribution in [0.2, 0.25) is 0 Å². The van der Waals surface area contributed by atoms with E-state index in [0.717, 1.165) is 96.0 Å². The molecule has 0 radical (unpaired) electrons. The minimum absolute atomic E-state index is 0.436. The molecule has 316 valence electrons. The van der Waals surface area contributed by atoms with Crippen LogP contribution in [0.15, 0.2) is 239 Å². The molecule has 2 aliphatic carbocycles. The normalized spacial score (nSPS) is 15.1. The van der Waals surface area contributed by atoms with E-state index in [4.69, 9.17) is 8.83 Å². The average Bonchev–Trinajstić information content (AvgIpc) is 4.06. The van der Waals surface area contributed by atoms with E-state index in [1.165, 1.54) is 33.4 Å². The van der Waals surface area contributed by atoms with Crippen LogP contribution in [-0.4, -0.2) is 0 Å². The van der Waals surface area contributed by atoms with E-state index in [0.29, 0.717) is 0 Å². The Labute approximate surface area is 385 Å². The standard InChI is InChI=1S/C61H41NO2.C2H6/c1-3-14-43(15-4-1)61(44-16-5-2-6-17-44)55-23-10-7-18-49(55)50-36-35-47(39-56(50)61)62(45-31-26-40(27-32-45)42-30-37-59-54(38-42)52-20-9-11-24-57(52)63-59)46-33-28-41(29-34-46)48-21-13-22-53-51-19-8-12-25-58(51)64-60(48)53;1-2/h1-5,7-16,18-39H,6,17H2;1-2H3. The molecular weight excluding hydrogens is 803 g/mol. The van der Waals surface area contributed by atoms with Gasteiger partial charge in [0.15, 0.2) is 0 Å². The molecule has 1 unspecified atom stereocenters. The van der Waals surface area contributed by atoms with Crippen molar-refractivity contribution in [2.45, 2.75) is 32.1 Å². The maximum Gasteiger partial charge on any atom is 0.143 e. The number of furan rings is 2. The van der Waals surface area contributed by atoms with Gasteiger partial charge < -0.3 is 13.7 Å². The van der Waals surface area contributed by atoms with Crippen LogP contribution < -0.4 is 4.90 Å². The fourth-order valence-corrected chi connectivity index (χ4v) is 10.8. The summed E-state index contributed by atoms with van der Waals surface area (Å²) in [5.41, 5.74) is 18.9. The number of rotatable bonds is 7. The molecule has 2 heterocycles. The minimum Gasteiger partial charge on any atom is -0.456 e. The monoisotopic (exact) mass is 849 g/mol. The van der Waals surface area contributed by atoms with Crippen LogP contribution in [0.4, 0.5) is 17.1 Å². The Morgan fingerprint density at radius 2 is 1.02 bits per heavy atom. The van der Waals surface area contributed by atoms with Gasteiger partial charge in [0.25, 0.3) is 0 Å². The Morgan fingerprint density at radius 1 is 0.424 bits per heavy atom. The van der Waals surface area contributed by atoms with Gasteiger partial charge in [0.1, 0.15) is 22.3 Å². The van der Waals surface area contributed by atoms with Gasteiger partial charge in [-0.2, -0.15) is 0 Å². The Bertz CT molecular complexity index is 3660. The third-order valence-corrected chi connectivity index (χ3v) is 13.7. The van der Waals surface area contributed by atoms with Crippen molar-refractivity contribution in [1.29, 1.82) is 0 Å². The topological polar surface area (TPSA) is 29.5 Å². The quantitative estimate of drug-likeness (QED) is 0.160. The minimum atomic E-state index is -0.436. The van der Waals surface area contributed by atoms with Crippen molar-refractivity contribution < 1.29 is 8.83 Å². The van der Waals surface area contributed by atoms with Gasteiger partial charge in [-0.25, -0.2) is 0 Å². The summed E-state index contributed by atoms with van der Waals surface area (Å²) in [6.07, 6.45) is 8.93. The van der Waals surface area contributed by atoms with Crippen molar-refractivity contribution in [2.75, 3.05) is 4.90 Å². The number of hydrogen-bond acceptors (Lipinski definition) is 3. The first kappa shape index (κ1) is 39.5. The highest BCUT2D eigenvalue weighted by molar-refractivity contribution is 6.10. The van der Waals surface area contributed by atoms with Crippen molar-refractivity contribution in [2.24, 2.45) is 0 Å². The molecule has 9 aromatic carbocycles. The summed E-state index contributed by atoms with van der Waals surface area (Å²) >= 11 is 0. The predicted molar refractivity (Wildman–Crippen MR) is 276 cm³/mol. The lowest BCUT2D eigenvalue weighted by molar-refractivity contribution is 0.669. The fraction of sp³-hybridized carbons (Fsp3) is 0.0794. The number of benzene rings is 9. The Morgan fingerprint density at radius 3 is 1.77 bits per heavy atom. The fourth-order valence-electron chi connectivity index (χ4n) is 10.8. The highest BCUT2D eigenvalue weighted by Gasteiger charge is 2.47. The SMILES string of the molecule is C1=CCCC(C2(c3ccccc3)c3ccccc3-c3ccc(N(c4ccc(-c5ccc6oc7ccccc7c6c5)cc4)c4ccc(-c5cccc6c5oc5ccccc56)cc4)cc32)=C1.CC. The molecular formula is C63H47NO2. The van der Waals surface area contributed by atoms with Gasteiger partial charge in [0.2, 0.25) is 0 Å². The van der Waals surface area contributed by atoms with E-state index < -0.39 is 5.41 Å². The number of hydrogen-bond donors (Lipinski definition) is 0. The van der Waals surface area contributed by atoms with Crippen molar-refractivity contribution >= 4 is 60.9 Å². The van der Waals surface area contributed by atoms with Gasteiger partial charge in [-0.3, -0.25) is 0 Å². The summed E-state index contributed by atoms with van der Waals surface area (Å²) in [5, 5.41) is 4.52. The van der Waals surface area contributed by atoms with Gasteiger partial charge in [0.05, 0.1) is 5.41 Å². The molecule has 0 spiro atoms. The zero-order valence-corrected chi connectivity index (χ0v) is 37.0. The molecule has 3 heteroatoms. The first-order chi connectivity index (χ1) is 32.7. The second kappa shape index (κ2) is 16.1. The van der Waals surface area contributed by atoms with Gasteiger partial charge in [0, 0.05) is 44.2 Å². The molecule has 13 rings (SSSR count). The molecule has 0 amide bonds. The van der Waals surface area contributed by atoms with Gasteiger partial charge in [-0.1, -0.05) is 183 Å². The molecule has 66 heavy (non-hydrogen) atoms. The van der Waals surface area contributed by atoms with Gasteiger partial charge >= 0.3 is 0 Å². The van der Waals surface area contributed by atoms with Crippen molar-refractivity contribution in [3.63, 3.8) is 0 Å². The first-order valence-corrected chi connectivity index (χ1v) is 23.2. The van der Waals surface area contributed by atoms with Crippen molar-refractivity contribution in [3.05, 3.63) is 247 Å². The maximum absolute atomic E-state index is 6.49. The molecule has 2 aromatic heterocycles. The van der Waals surface area contributed by atoms with E-state index in [9.17, 15) is 0 Å². The molecule has 0 N–H and O–H groups in total. The van der Waals surface area contributed by atoms with Crippen LogP contribution in [-0.2, 0) is 5.41 Å². The zero-order chi connectivity index (χ0) is 44.2. The van der Waals surface area contributed by atoms with E-state index in [2.05, 4.69) is 205 Å². The average molecular weight is 850 g/mol. The largest absolute Gasteiger partial charge is 0.456 e. The summed E-state index contributed by atoms with van der Waals surface area (Å²) in [5.74, 6) is 0. The molecule has 0 fully saturated rings. The Balaban J connectivity index is 0.00000225. The summed E-state index contributed by atoms with van der Waals surface area (Å²) in [6, 6.07) is 74.8. The van der Waals surface area contributed by atoms with E-state index in [1.807, 2.05) is 38.1 Å². The number of allylic oxidation sites excluding steroid dienone is 4. The Kier molecular flexibility index (Phi) is 9.65. The lowest BCUT2D eigenvalue weighted by Crippen LogP contribution is -2.30. The number of nitrogens with zero attached hydrogens (tertiary/aromatic N) is 1. The van der Waals surface area contributed by atoms with Crippen LogP contribution in [0.5, 0.6) is 0 Å². The number of para-hydroxylation sites is 3. The van der Waals surface area contributed by atoms with Gasteiger partial charge in [-0.15, -0.1) is 0 Å². The zero-order valence-electron chi connectivity index (χ0n) is 37.0. The van der Waals surface area contributed by atoms with Crippen LogP contribution in [0.3, 0.4) is 0 Å². The van der Waals surface area contributed by atoms with E-state index in [-0.39, 0.29) is 0 Å². The van der Waals surface area contributed by atoms with Crippen molar-refractivity contribution in [1.82, 2.24) is 0 Å². The lowest BCUT2D eigenvalue weighted by Gasteiger charge is -2.37. The Hall–Kier alpha value is -8.14. The summed E-state index contributed by atoms with van der Waals surface area (Å²) in [7, 11) is 0. The molecule has 2 aliphatic rings. The second-order valence-electron chi connectivity index (χ2n) is 17.1. The molecule has 11 aromatic rings. The molecule has 0 saturated heterocycles. The highest BCUT2D eigenvalue weighted by atomic mass is 16.3. The molecule has 0 bridgehead atoms. The summed E-state index contributed by atoms with van der Waals surface area (Å²) < 4.78 is 12.7.